The van der Waals surface area contributed by atoms with Crippen LogP contribution in [0.2, 0.25) is 0 Å². The summed E-state index contributed by atoms with van der Waals surface area (Å²) in [6.07, 6.45) is -22.8. The summed E-state index contributed by atoms with van der Waals surface area (Å²) in [5, 5.41) is 93.6. The lowest BCUT2D eigenvalue weighted by atomic mass is 9.96. The molecule has 3 aliphatic heterocycles. The first-order valence-electron chi connectivity index (χ1n) is 14.4. The van der Waals surface area contributed by atoms with E-state index >= 15 is 0 Å². The molecule has 0 aromatic rings. The average molecular weight is 649 g/mol. The highest BCUT2D eigenvalue weighted by Gasteiger charge is 2.52. The van der Waals surface area contributed by atoms with Gasteiger partial charge in [0.1, 0.15) is 85.9 Å². The zero-order chi connectivity index (χ0) is 32.9. The molecule has 7 unspecified atom stereocenters. The van der Waals surface area contributed by atoms with E-state index in [4.69, 9.17) is 37.9 Å². The lowest BCUT2D eigenvalue weighted by molar-refractivity contribution is -0.873. The number of nitrogens with zero attached hydrogens (tertiary/aromatic N) is 1. The Morgan fingerprint density at radius 2 is 1.20 bits per heavy atom. The first kappa shape index (κ1) is 37.7. The maximum absolute atomic E-state index is 10.8. The van der Waals surface area contributed by atoms with E-state index in [1.165, 1.54) is 14.2 Å². The summed E-state index contributed by atoms with van der Waals surface area (Å²) in [6.45, 7) is -1.02. The molecular weight excluding hydrogens is 598 g/mol. The van der Waals surface area contributed by atoms with Gasteiger partial charge in [-0.1, -0.05) is 0 Å². The molecule has 0 saturated carbocycles. The largest absolute Gasteiger partial charge is 0.394 e. The molecule has 0 aliphatic carbocycles. The number of quaternary nitrogens is 1. The molecule has 0 bridgehead atoms. The summed E-state index contributed by atoms with van der Waals surface area (Å²) in [4.78, 5) is 0. The van der Waals surface area contributed by atoms with Crippen LogP contribution >= 0.6 is 0 Å². The van der Waals surface area contributed by atoms with Crippen LogP contribution in [0.15, 0.2) is 0 Å². The number of likely N-dealkylation sites (N-methyl/N-ethyl adjacent to an activating group) is 1. The van der Waals surface area contributed by atoms with E-state index in [9.17, 15) is 46.0 Å². The third kappa shape index (κ3) is 9.21. The minimum atomic E-state index is -1.72. The van der Waals surface area contributed by atoms with Crippen LogP contribution in [-0.2, 0) is 37.9 Å². The van der Waals surface area contributed by atoms with Crippen molar-refractivity contribution < 1.29 is 88.3 Å². The Hall–Kier alpha value is -0.720. The number of hydrogen-bond donors (Lipinski definition) is 9. The lowest BCUT2D eigenvalue weighted by Gasteiger charge is -2.47. The van der Waals surface area contributed by atoms with Crippen LogP contribution in [-0.4, -0.2) is 217 Å². The van der Waals surface area contributed by atoms with E-state index in [1.54, 1.807) is 0 Å². The number of rotatable bonds is 14. The SMILES string of the molecule is CO[C@@H]1OC(CO)[C@@H](O[C@@H]2OC(CO[C@H]3OC(COCC(O)C[N+](C)(C)C)[C@H](O)[C@@H](O)C3O)[C@@H](OC)[C@@H](O)C2O)[C@@H](O)C1O. The monoisotopic (exact) mass is 648 g/mol. The van der Waals surface area contributed by atoms with Crippen LogP contribution in [0.3, 0.4) is 0 Å². The summed E-state index contributed by atoms with van der Waals surface area (Å²) in [5.41, 5.74) is 0. The summed E-state index contributed by atoms with van der Waals surface area (Å²) in [7, 11) is 8.17. The molecule has 9 N–H and O–H groups in total. The smallest absolute Gasteiger partial charge is 0.187 e. The Balaban J connectivity index is 1.64. The number of aliphatic hydroxyl groups is 9. The Labute approximate surface area is 255 Å². The standard InChI is InChI=1S/C26H50NO17/c1-27(2,3)6-11(29)8-39-9-13-15(30)16(31)19(34)25(42-13)40-10-14-22(37-4)17(32)21(36)26(43-14)44-23-12(7-28)41-24(38-5)20(35)18(23)33/h11-26,28-36H,6-10H2,1-5H3/q+1/t11?,12?,13?,14?,15-,16+,17-,18-,19?,20?,21?,22+,23+,24+,25-,26-/m0/s1. The van der Waals surface area contributed by atoms with Crippen molar-refractivity contribution in [2.45, 2.75) is 98.2 Å². The van der Waals surface area contributed by atoms with E-state index < -0.39 is 111 Å². The summed E-state index contributed by atoms with van der Waals surface area (Å²) in [5.74, 6) is 0. The van der Waals surface area contributed by atoms with E-state index in [0.717, 1.165) is 0 Å². The Morgan fingerprint density at radius 3 is 1.80 bits per heavy atom. The molecule has 16 atom stereocenters. The van der Waals surface area contributed by atoms with Crippen molar-refractivity contribution in [3.63, 3.8) is 0 Å². The summed E-state index contributed by atoms with van der Waals surface area (Å²) >= 11 is 0. The number of ether oxygens (including phenoxy) is 8. The van der Waals surface area contributed by atoms with Crippen molar-refractivity contribution in [1.82, 2.24) is 0 Å². The van der Waals surface area contributed by atoms with Gasteiger partial charge in [0, 0.05) is 14.2 Å². The molecule has 44 heavy (non-hydrogen) atoms. The van der Waals surface area contributed by atoms with Gasteiger partial charge in [-0.3, -0.25) is 0 Å². The Kier molecular flexibility index (Phi) is 14.1. The fraction of sp³-hybridized carbons (Fsp3) is 1.00. The van der Waals surface area contributed by atoms with Crippen molar-refractivity contribution >= 4 is 0 Å². The van der Waals surface area contributed by atoms with Gasteiger partial charge >= 0.3 is 0 Å². The minimum absolute atomic E-state index is 0.0691. The fourth-order valence-corrected chi connectivity index (χ4v) is 5.40. The van der Waals surface area contributed by atoms with E-state index in [0.29, 0.717) is 11.0 Å². The predicted octanol–water partition coefficient (Wildman–Crippen LogP) is -6.17. The minimum Gasteiger partial charge on any atom is -0.394 e. The molecule has 3 aliphatic rings. The zero-order valence-electron chi connectivity index (χ0n) is 25.5. The van der Waals surface area contributed by atoms with Crippen LogP contribution in [0, 0.1) is 0 Å². The normalized spacial score (nSPS) is 44.5. The summed E-state index contributed by atoms with van der Waals surface area (Å²) < 4.78 is 44.4. The van der Waals surface area contributed by atoms with Crippen molar-refractivity contribution in [1.29, 1.82) is 0 Å². The van der Waals surface area contributed by atoms with Gasteiger partial charge < -0.3 is 88.3 Å². The molecule has 0 amide bonds. The van der Waals surface area contributed by atoms with Crippen molar-refractivity contribution in [2.75, 3.05) is 68.3 Å². The Morgan fingerprint density at radius 1 is 0.636 bits per heavy atom. The van der Waals surface area contributed by atoms with Gasteiger partial charge in [-0.2, -0.15) is 0 Å². The van der Waals surface area contributed by atoms with Crippen molar-refractivity contribution in [3.8, 4) is 0 Å². The first-order chi connectivity index (χ1) is 20.6. The molecular formula is C26H50NO17+. The molecule has 18 heteroatoms. The van der Waals surface area contributed by atoms with Gasteiger partial charge in [0.2, 0.25) is 0 Å². The predicted molar refractivity (Wildman–Crippen MR) is 143 cm³/mol. The lowest BCUT2D eigenvalue weighted by Crippen LogP contribution is -2.65. The molecule has 0 aromatic carbocycles. The highest BCUT2D eigenvalue weighted by molar-refractivity contribution is 4.95. The van der Waals surface area contributed by atoms with Gasteiger partial charge in [0.05, 0.1) is 47.6 Å². The van der Waals surface area contributed by atoms with E-state index in [1.807, 2.05) is 21.1 Å². The third-order valence-corrected chi connectivity index (χ3v) is 7.70. The number of methoxy groups -OCH3 is 2. The van der Waals surface area contributed by atoms with Crippen LogP contribution in [0.5, 0.6) is 0 Å². The highest BCUT2D eigenvalue weighted by Crippen LogP contribution is 2.31. The van der Waals surface area contributed by atoms with Gasteiger partial charge in [-0.05, 0) is 0 Å². The fourth-order valence-electron chi connectivity index (χ4n) is 5.40. The molecule has 3 fully saturated rings. The van der Waals surface area contributed by atoms with Gasteiger partial charge in [0.15, 0.2) is 18.9 Å². The Bertz CT molecular complexity index is 850. The van der Waals surface area contributed by atoms with E-state index in [2.05, 4.69) is 0 Å². The van der Waals surface area contributed by atoms with Crippen LogP contribution in [0.25, 0.3) is 0 Å². The van der Waals surface area contributed by atoms with Gasteiger partial charge in [0.25, 0.3) is 0 Å². The van der Waals surface area contributed by atoms with Crippen molar-refractivity contribution in [2.24, 2.45) is 0 Å². The topological polar surface area (TPSA) is 256 Å². The number of hydrogen-bond acceptors (Lipinski definition) is 17. The average Bonchev–Trinajstić information content (AvgIpc) is 2.96. The molecule has 0 aromatic heterocycles. The second kappa shape index (κ2) is 16.4. The second-order valence-corrected chi connectivity index (χ2v) is 12.3. The molecule has 3 saturated heterocycles. The molecule has 0 spiro atoms. The molecule has 0 radical (unpaired) electrons. The van der Waals surface area contributed by atoms with Crippen LogP contribution in [0.1, 0.15) is 0 Å². The quantitative estimate of drug-likeness (QED) is 0.0794. The van der Waals surface area contributed by atoms with Crippen LogP contribution < -0.4 is 0 Å². The van der Waals surface area contributed by atoms with Gasteiger partial charge in [-0.15, -0.1) is 0 Å². The van der Waals surface area contributed by atoms with Gasteiger partial charge in [-0.25, -0.2) is 0 Å². The molecule has 3 heterocycles. The van der Waals surface area contributed by atoms with Crippen LogP contribution in [0.4, 0.5) is 0 Å². The zero-order valence-corrected chi connectivity index (χ0v) is 25.5. The highest BCUT2D eigenvalue weighted by atomic mass is 16.8. The molecule has 260 valence electrons. The molecule has 18 nitrogen and oxygen atoms in total. The maximum Gasteiger partial charge on any atom is 0.187 e. The number of aliphatic hydroxyl groups excluding tert-OH is 9. The summed E-state index contributed by atoms with van der Waals surface area (Å²) in [6, 6.07) is 0. The van der Waals surface area contributed by atoms with E-state index in [-0.39, 0.29) is 13.2 Å². The second-order valence-electron chi connectivity index (χ2n) is 12.3. The molecule has 3 rings (SSSR count). The third-order valence-electron chi connectivity index (χ3n) is 7.70. The first-order valence-corrected chi connectivity index (χ1v) is 14.4. The maximum atomic E-state index is 10.8. The van der Waals surface area contributed by atoms with Crippen molar-refractivity contribution in [3.05, 3.63) is 0 Å².